The summed E-state index contributed by atoms with van der Waals surface area (Å²) in [7, 11) is 0. The van der Waals surface area contributed by atoms with Crippen LogP contribution in [0.2, 0.25) is 0 Å². The molecule has 4 nitrogen and oxygen atoms in total. The SMILES string of the molecule is NNCC(O)c1ccco1. The fraction of sp³-hybridized carbons (Fsp3) is 0.333. The lowest BCUT2D eigenvalue weighted by Crippen LogP contribution is -2.27. The van der Waals surface area contributed by atoms with Crippen molar-refractivity contribution in [2.24, 2.45) is 5.84 Å². The van der Waals surface area contributed by atoms with Crippen LogP contribution in [-0.4, -0.2) is 11.7 Å². The number of furan rings is 1. The van der Waals surface area contributed by atoms with Crippen LogP contribution in [-0.2, 0) is 0 Å². The van der Waals surface area contributed by atoms with Gasteiger partial charge >= 0.3 is 0 Å². The summed E-state index contributed by atoms with van der Waals surface area (Å²) in [6, 6.07) is 3.41. The monoisotopic (exact) mass is 142 g/mol. The van der Waals surface area contributed by atoms with Gasteiger partial charge in [0.15, 0.2) is 0 Å². The van der Waals surface area contributed by atoms with Gasteiger partial charge < -0.3 is 9.52 Å². The second-order valence-electron chi connectivity index (χ2n) is 1.94. The molecule has 0 aromatic carbocycles. The molecule has 1 unspecified atom stereocenters. The van der Waals surface area contributed by atoms with Crippen molar-refractivity contribution < 1.29 is 9.52 Å². The molecule has 4 N–H and O–H groups in total. The van der Waals surface area contributed by atoms with E-state index in [0.29, 0.717) is 12.3 Å². The van der Waals surface area contributed by atoms with Gasteiger partial charge in [-0.05, 0) is 12.1 Å². The number of hydrogen-bond acceptors (Lipinski definition) is 4. The number of rotatable bonds is 3. The molecule has 0 bridgehead atoms. The Kier molecular flexibility index (Phi) is 2.44. The second-order valence-corrected chi connectivity index (χ2v) is 1.94. The van der Waals surface area contributed by atoms with Crippen LogP contribution in [0.25, 0.3) is 0 Å². The molecule has 0 spiro atoms. The van der Waals surface area contributed by atoms with E-state index in [1.807, 2.05) is 0 Å². The Hall–Kier alpha value is -0.840. The predicted molar refractivity (Wildman–Crippen MR) is 35.9 cm³/mol. The minimum atomic E-state index is -0.653. The molecular formula is C6H10N2O2. The van der Waals surface area contributed by atoms with Gasteiger partial charge in [0.1, 0.15) is 11.9 Å². The Morgan fingerprint density at radius 1 is 1.80 bits per heavy atom. The van der Waals surface area contributed by atoms with Gasteiger partial charge in [-0.15, -0.1) is 0 Å². The first-order valence-electron chi connectivity index (χ1n) is 2.99. The van der Waals surface area contributed by atoms with Crippen LogP contribution in [0, 0.1) is 0 Å². The average Bonchev–Trinajstić information content (AvgIpc) is 2.38. The molecule has 1 rings (SSSR count). The molecule has 0 saturated heterocycles. The van der Waals surface area contributed by atoms with Crippen molar-refractivity contribution in [3.05, 3.63) is 24.2 Å². The lowest BCUT2D eigenvalue weighted by Gasteiger charge is -2.04. The molecule has 1 aromatic heterocycles. The van der Waals surface area contributed by atoms with Gasteiger partial charge in [0.05, 0.1) is 6.26 Å². The molecule has 0 saturated carbocycles. The van der Waals surface area contributed by atoms with E-state index >= 15 is 0 Å². The summed E-state index contributed by atoms with van der Waals surface area (Å²) in [6.45, 7) is 0.299. The van der Waals surface area contributed by atoms with E-state index in [-0.39, 0.29) is 0 Å². The first-order valence-corrected chi connectivity index (χ1v) is 2.99. The number of hydrazine groups is 1. The van der Waals surface area contributed by atoms with Crippen molar-refractivity contribution in [1.82, 2.24) is 5.43 Å². The van der Waals surface area contributed by atoms with Crippen molar-refractivity contribution in [1.29, 1.82) is 0 Å². The predicted octanol–water partition coefficient (Wildman–Crippen LogP) is -0.224. The highest BCUT2D eigenvalue weighted by molar-refractivity contribution is 5.01. The number of aliphatic hydroxyl groups is 1. The molecule has 10 heavy (non-hydrogen) atoms. The fourth-order valence-corrected chi connectivity index (χ4v) is 0.693. The van der Waals surface area contributed by atoms with Gasteiger partial charge in [0.2, 0.25) is 0 Å². The van der Waals surface area contributed by atoms with Crippen LogP contribution in [0.3, 0.4) is 0 Å². The van der Waals surface area contributed by atoms with Crippen LogP contribution in [0.5, 0.6) is 0 Å². The van der Waals surface area contributed by atoms with Crippen molar-refractivity contribution >= 4 is 0 Å². The van der Waals surface area contributed by atoms with Gasteiger partial charge in [-0.2, -0.15) is 0 Å². The van der Waals surface area contributed by atoms with Crippen LogP contribution < -0.4 is 11.3 Å². The minimum Gasteiger partial charge on any atom is -0.467 e. The topological polar surface area (TPSA) is 71.4 Å². The second kappa shape index (κ2) is 3.36. The third-order valence-corrected chi connectivity index (χ3v) is 1.18. The highest BCUT2D eigenvalue weighted by Crippen LogP contribution is 2.10. The van der Waals surface area contributed by atoms with Crippen molar-refractivity contribution in [3.63, 3.8) is 0 Å². The van der Waals surface area contributed by atoms with Gasteiger partial charge in [-0.1, -0.05) is 0 Å². The Bertz CT molecular complexity index is 174. The first-order chi connectivity index (χ1) is 4.84. The van der Waals surface area contributed by atoms with Crippen LogP contribution >= 0.6 is 0 Å². The Morgan fingerprint density at radius 2 is 2.60 bits per heavy atom. The van der Waals surface area contributed by atoms with Crippen molar-refractivity contribution in [2.75, 3.05) is 6.54 Å². The first kappa shape index (κ1) is 7.27. The van der Waals surface area contributed by atoms with E-state index < -0.39 is 6.10 Å². The third-order valence-electron chi connectivity index (χ3n) is 1.18. The van der Waals surface area contributed by atoms with Gasteiger partial charge in [-0.3, -0.25) is 11.3 Å². The van der Waals surface area contributed by atoms with E-state index in [1.54, 1.807) is 12.1 Å². The molecule has 0 aliphatic rings. The standard InChI is InChI=1S/C6H10N2O2/c7-8-4-5(9)6-2-1-3-10-6/h1-3,5,8-9H,4,7H2. The molecule has 0 aliphatic carbocycles. The lowest BCUT2D eigenvalue weighted by atomic mass is 10.3. The summed E-state index contributed by atoms with van der Waals surface area (Å²) < 4.78 is 4.90. The molecule has 0 fully saturated rings. The number of hydrogen-bond donors (Lipinski definition) is 3. The summed E-state index contributed by atoms with van der Waals surface area (Å²) >= 11 is 0. The third kappa shape index (κ3) is 1.57. The summed E-state index contributed by atoms with van der Waals surface area (Å²) in [5.41, 5.74) is 2.35. The number of nitrogens with two attached hydrogens (primary N) is 1. The van der Waals surface area contributed by atoms with Crippen LogP contribution in [0.4, 0.5) is 0 Å². The van der Waals surface area contributed by atoms with Crippen molar-refractivity contribution in [2.45, 2.75) is 6.10 Å². The molecule has 0 aliphatic heterocycles. The highest BCUT2D eigenvalue weighted by Gasteiger charge is 2.07. The molecule has 1 aromatic rings. The molecule has 1 heterocycles. The normalized spacial score (nSPS) is 13.4. The average molecular weight is 142 g/mol. The Morgan fingerprint density at radius 3 is 3.10 bits per heavy atom. The van der Waals surface area contributed by atoms with E-state index in [2.05, 4.69) is 5.43 Å². The maximum Gasteiger partial charge on any atom is 0.133 e. The number of nitrogens with one attached hydrogen (secondary N) is 1. The summed E-state index contributed by atoms with van der Waals surface area (Å²) in [4.78, 5) is 0. The summed E-state index contributed by atoms with van der Waals surface area (Å²) in [5, 5.41) is 9.17. The Balaban J connectivity index is 2.50. The largest absolute Gasteiger partial charge is 0.467 e. The van der Waals surface area contributed by atoms with Gasteiger partial charge in [0, 0.05) is 6.54 Å². The van der Waals surface area contributed by atoms with E-state index in [0.717, 1.165) is 0 Å². The molecule has 0 radical (unpaired) electrons. The Labute approximate surface area is 58.6 Å². The van der Waals surface area contributed by atoms with E-state index in [4.69, 9.17) is 10.3 Å². The maximum absolute atomic E-state index is 9.17. The lowest BCUT2D eigenvalue weighted by molar-refractivity contribution is 0.148. The zero-order chi connectivity index (χ0) is 7.40. The zero-order valence-corrected chi connectivity index (χ0v) is 5.45. The van der Waals surface area contributed by atoms with E-state index in [9.17, 15) is 5.11 Å². The van der Waals surface area contributed by atoms with Crippen molar-refractivity contribution in [3.8, 4) is 0 Å². The van der Waals surface area contributed by atoms with Gasteiger partial charge in [0.25, 0.3) is 0 Å². The highest BCUT2D eigenvalue weighted by atomic mass is 16.4. The maximum atomic E-state index is 9.17. The van der Waals surface area contributed by atoms with E-state index in [1.165, 1.54) is 6.26 Å². The summed E-state index contributed by atoms with van der Waals surface area (Å²) in [5.74, 6) is 5.51. The fourth-order valence-electron chi connectivity index (χ4n) is 0.693. The van der Waals surface area contributed by atoms with Gasteiger partial charge in [-0.25, -0.2) is 0 Å². The molecule has 0 amide bonds. The molecule has 4 heteroatoms. The quantitative estimate of drug-likeness (QED) is 0.403. The molecule has 56 valence electrons. The minimum absolute atomic E-state index is 0.299. The summed E-state index contributed by atoms with van der Waals surface area (Å²) in [6.07, 6.45) is 0.856. The molecular weight excluding hydrogens is 132 g/mol. The van der Waals surface area contributed by atoms with Crippen LogP contribution in [0.15, 0.2) is 22.8 Å². The smallest absolute Gasteiger partial charge is 0.133 e. The molecule has 1 atom stereocenters. The van der Waals surface area contributed by atoms with Crippen LogP contribution in [0.1, 0.15) is 11.9 Å². The zero-order valence-electron chi connectivity index (χ0n) is 5.45. The number of aliphatic hydroxyl groups excluding tert-OH is 1.